The number of nitrogens with zero attached hydrogens (tertiary/aromatic N) is 1. The van der Waals surface area contributed by atoms with Crippen LogP contribution in [0.15, 0.2) is 36.4 Å². The number of benzene rings is 1. The molecule has 0 spiro atoms. The van der Waals surface area contributed by atoms with E-state index >= 15 is 0 Å². The van der Waals surface area contributed by atoms with Gasteiger partial charge in [0.25, 0.3) is 5.91 Å². The molecule has 0 unspecified atom stereocenters. The maximum Gasteiger partial charge on any atom is 0.416 e. The molecule has 1 amide bonds. The van der Waals surface area contributed by atoms with Crippen molar-refractivity contribution in [2.24, 2.45) is 0 Å². The van der Waals surface area contributed by atoms with Gasteiger partial charge < -0.3 is 9.64 Å². The minimum atomic E-state index is -4.43. The van der Waals surface area contributed by atoms with E-state index in [2.05, 4.69) is 6.58 Å². The molecule has 21 heavy (non-hydrogen) atoms. The summed E-state index contributed by atoms with van der Waals surface area (Å²) < 4.78 is 42.8. The zero-order chi connectivity index (χ0) is 16.0. The van der Waals surface area contributed by atoms with Gasteiger partial charge in [0, 0.05) is 13.1 Å². The molecule has 1 aromatic rings. The quantitative estimate of drug-likeness (QED) is 0.753. The summed E-state index contributed by atoms with van der Waals surface area (Å²) in [7, 11) is 0. The summed E-state index contributed by atoms with van der Waals surface area (Å²) in [5.41, 5.74) is 0.0194. The smallest absolute Gasteiger partial charge is 0.416 e. The van der Waals surface area contributed by atoms with Crippen molar-refractivity contribution in [1.82, 2.24) is 4.90 Å². The Morgan fingerprint density at radius 1 is 1.38 bits per heavy atom. The second-order valence-corrected chi connectivity index (χ2v) is 4.68. The molecule has 0 saturated heterocycles. The number of alkyl halides is 3. The number of hydrogen-bond acceptors (Lipinski definition) is 2. The molecule has 116 valence electrons. The second-order valence-electron chi connectivity index (χ2n) is 4.68. The fourth-order valence-electron chi connectivity index (χ4n) is 1.70. The average molecular weight is 301 g/mol. The summed E-state index contributed by atoms with van der Waals surface area (Å²) in [4.78, 5) is 13.4. The molecule has 0 radical (unpaired) electrons. The lowest BCUT2D eigenvalue weighted by molar-refractivity contribution is -0.137. The van der Waals surface area contributed by atoms with Crippen molar-refractivity contribution >= 4 is 5.91 Å². The predicted octanol–water partition coefficient (Wildman–Crippen LogP) is 3.51. The predicted molar refractivity (Wildman–Crippen MR) is 74.0 cm³/mol. The number of rotatable bonds is 6. The van der Waals surface area contributed by atoms with E-state index in [0.717, 1.165) is 17.7 Å². The van der Waals surface area contributed by atoms with Crippen LogP contribution in [0.1, 0.15) is 19.4 Å². The first-order valence-electron chi connectivity index (χ1n) is 6.46. The van der Waals surface area contributed by atoms with Crippen LogP contribution < -0.4 is 4.74 Å². The van der Waals surface area contributed by atoms with Crippen LogP contribution in [0, 0.1) is 0 Å². The van der Waals surface area contributed by atoms with Crippen molar-refractivity contribution in [2.75, 3.05) is 19.7 Å². The van der Waals surface area contributed by atoms with Gasteiger partial charge in [0.05, 0.1) is 5.56 Å². The van der Waals surface area contributed by atoms with Crippen LogP contribution in [-0.2, 0) is 11.0 Å². The molecule has 0 aliphatic rings. The fraction of sp³-hybridized carbons (Fsp3) is 0.400. The van der Waals surface area contributed by atoms with Crippen molar-refractivity contribution in [3.8, 4) is 5.75 Å². The maximum atomic E-state index is 12.6. The highest BCUT2D eigenvalue weighted by atomic mass is 19.4. The third-order valence-electron chi connectivity index (χ3n) is 2.72. The van der Waals surface area contributed by atoms with E-state index in [1.165, 1.54) is 17.0 Å². The van der Waals surface area contributed by atoms with E-state index in [9.17, 15) is 18.0 Å². The lowest BCUT2D eigenvalue weighted by Gasteiger charge is -2.21. The first-order chi connectivity index (χ1) is 9.74. The highest BCUT2D eigenvalue weighted by molar-refractivity contribution is 5.78. The molecule has 1 rings (SSSR count). The number of hydrogen-bond donors (Lipinski definition) is 0. The molecule has 0 bridgehead atoms. The van der Waals surface area contributed by atoms with E-state index in [-0.39, 0.29) is 18.3 Å². The van der Waals surface area contributed by atoms with Crippen LogP contribution in [-0.4, -0.2) is 30.5 Å². The third kappa shape index (κ3) is 5.49. The number of halogens is 3. The monoisotopic (exact) mass is 301 g/mol. The molecule has 0 saturated carbocycles. The van der Waals surface area contributed by atoms with Crippen LogP contribution in [0.25, 0.3) is 0 Å². The molecular weight excluding hydrogens is 283 g/mol. The number of carbonyl (C=O) groups excluding carboxylic acids is 1. The maximum absolute atomic E-state index is 12.6. The van der Waals surface area contributed by atoms with Crippen LogP contribution in [0.3, 0.4) is 0 Å². The van der Waals surface area contributed by atoms with Crippen LogP contribution in [0.4, 0.5) is 13.2 Å². The minimum absolute atomic E-state index is 0.0181. The Morgan fingerprint density at radius 3 is 2.57 bits per heavy atom. The third-order valence-corrected chi connectivity index (χ3v) is 2.72. The fourth-order valence-corrected chi connectivity index (χ4v) is 1.70. The number of amides is 1. The average Bonchev–Trinajstić information content (AvgIpc) is 2.41. The largest absolute Gasteiger partial charge is 0.484 e. The van der Waals surface area contributed by atoms with Crippen molar-refractivity contribution in [3.05, 3.63) is 42.0 Å². The van der Waals surface area contributed by atoms with Crippen molar-refractivity contribution < 1.29 is 22.7 Å². The lowest BCUT2D eigenvalue weighted by Crippen LogP contribution is -2.35. The van der Waals surface area contributed by atoms with Crippen molar-refractivity contribution in [3.63, 3.8) is 0 Å². The van der Waals surface area contributed by atoms with Gasteiger partial charge in [0.2, 0.25) is 0 Å². The van der Waals surface area contributed by atoms with Gasteiger partial charge in [0.15, 0.2) is 6.61 Å². The van der Waals surface area contributed by atoms with Crippen LogP contribution in [0.5, 0.6) is 5.75 Å². The number of likely N-dealkylation sites (N-methyl/N-ethyl adjacent to an activating group) is 1. The molecule has 0 fully saturated rings. The highest BCUT2D eigenvalue weighted by Crippen LogP contribution is 2.31. The van der Waals surface area contributed by atoms with Crippen molar-refractivity contribution in [1.29, 1.82) is 0 Å². The van der Waals surface area contributed by atoms with Crippen LogP contribution in [0.2, 0.25) is 0 Å². The van der Waals surface area contributed by atoms with E-state index in [4.69, 9.17) is 4.74 Å². The van der Waals surface area contributed by atoms with Gasteiger partial charge in [-0.3, -0.25) is 4.79 Å². The summed E-state index contributed by atoms with van der Waals surface area (Å²) in [6.45, 7) is 7.91. The summed E-state index contributed by atoms with van der Waals surface area (Å²) in [6.07, 6.45) is -4.43. The lowest BCUT2D eigenvalue weighted by atomic mass is 10.2. The summed E-state index contributed by atoms with van der Waals surface area (Å²) in [5.74, 6) is -0.275. The first-order valence-corrected chi connectivity index (χ1v) is 6.46. The molecule has 0 aliphatic carbocycles. The Hall–Kier alpha value is -1.98. The van der Waals surface area contributed by atoms with Crippen molar-refractivity contribution in [2.45, 2.75) is 20.0 Å². The van der Waals surface area contributed by atoms with Gasteiger partial charge in [-0.2, -0.15) is 13.2 Å². The molecule has 1 aromatic carbocycles. The second kappa shape index (κ2) is 7.15. The first kappa shape index (κ1) is 17.1. The van der Waals surface area contributed by atoms with Crippen LogP contribution >= 0.6 is 0 Å². The SMILES string of the molecule is C=C(C)CN(CC)C(=O)COc1cccc(C(F)(F)F)c1. The van der Waals surface area contributed by atoms with Gasteiger partial charge in [0.1, 0.15) is 5.75 Å². The van der Waals surface area contributed by atoms with Gasteiger partial charge in [-0.15, -0.1) is 0 Å². The zero-order valence-corrected chi connectivity index (χ0v) is 12.0. The Kier molecular flexibility index (Phi) is 5.81. The Balaban J connectivity index is 2.66. The van der Waals surface area contributed by atoms with Gasteiger partial charge in [-0.25, -0.2) is 0 Å². The van der Waals surface area contributed by atoms with E-state index in [1.807, 2.05) is 6.92 Å². The summed E-state index contributed by atoms with van der Waals surface area (Å²) in [5, 5.41) is 0. The van der Waals surface area contributed by atoms with E-state index < -0.39 is 11.7 Å². The number of ether oxygens (including phenoxy) is 1. The summed E-state index contributed by atoms with van der Waals surface area (Å²) >= 11 is 0. The Labute approximate surface area is 122 Å². The normalized spacial score (nSPS) is 11.1. The van der Waals surface area contributed by atoms with Gasteiger partial charge in [-0.1, -0.05) is 18.2 Å². The molecule has 0 N–H and O–H groups in total. The number of carbonyl (C=O) groups is 1. The van der Waals surface area contributed by atoms with E-state index in [0.29, 0.717) is 13.1 Å². The topological polar surface area (TPSA) is 29.5 Å². The standard InChI is InChI=1S/C15H18F3NO2/c1-4-19(9-11(2)3)14(20)10-21-13-7-5-6-12(8-13)15(16,17)18/h5-8H,2,4,9-10H2,1,3H3. The Bertz CT molecular complexity index is 512. The minimum Gasteiger partial charge on any atom is -0.484 e. The Morgan fingerprint density at radius 2 is 2.05 bits per heavy atom. The van der Waals surface area contributed by atoms with Gasteiger partial charge >= 0.3 is 6.18 Å². The molecule has 0 aromatic heterocycles. The van der Waals surface area contributed by atoms with Gasteiger partial charge in [-0.05, 0) is 32.0 Å². The molecule has 6 heteroatoms. The summed E-state index contributed by atoms with van der Waals surface area (Å²) in [6, 6.07) is 4.46. The molecule has 0 atom stereocenters. The molecule has 0 aliphatic heterocycles. The van der Waals surface area contributed by atoms with E-state index in [1.54, 1.807) is 6.92 Å². The zero-order valence-electron chi connectivity index (χ0n) is 12.0. The highest BCUT2D eigenvalue weighted by Gasteiger charge is 2.30. The molecule has 3 nitrogen and oxygen atoms in total. The molecule has 0 heterocycles. The molecular formula is C15H18F3NO2.